The predicted molar refractivity (Wildman–Crippen MR) is 106 cm³/mol. The van der Waals surface area contributed by atoms with E-state index in [9.17, 15) is 19.2 Å². The van der Waals surface area contributed by atoms with E-state index in [1.54, 1.807) is 43.3 Å². The van der Waals surface area contributed by atoms with Crippen LogP contribution in [0.4, 0.5) is 0 Å². The molecule has 0 spiro atoms. The van der Waals surface area contributed by atoms with Gasteiger partial charge < -0.3 is 14.2 Å². The number of nitrogens with zero attached hydrogens (tertiary/aromatic N) is 6. The smallest absolute Gasteiger partial charge is 0.408 e. The minimum Gasteiger partial charge on any atom is -0.408 e. The third-order valence-electron chi connectivity index (χ3n) is 5.18. The summed E-state index contributed by atoms with van der Waals surface area (Å²) in [6.07, 6.45) is 0.119. The maximum Gasteiger partial charge on any atom is 0.419 e. The van der Waals surface area contributed by atoms with Crippen LogP contribution in [0.3, 0.4) is 0 Å². The van der Waals surface area contributed by atoms with Gasteiger partial charge in [-0.2, -0.15) is 5.10 Å². The van der Waals surface area contributed by atoms with Gasteiger partial charge in [0.1, 0.15) is 6.54 Å². The van der Waals surface area contributed by atoms with Gasteiger partial charge in [0, 0.05) is 40.2 Å². The van der Waals surface area contributed by atoms with Gasteiger partial charge in [0.15, 0.2) is 11.4 Å². The Morgan fingerprint density at radius 2 is 1.93 bits per heavy atom. The van der Waals surface area contributed by atoms with E-state index in [1.807, 2.05) is 0 Å². The lowest BCUT2D eigenvalue weighted by atomic mass is 10.3. The van der Waals surface area contributed by atoms with Gasteiger partial charge in [0.05, 0.1) is 12.1 Å². The Kier molecular flexibility index (Phi) is 5.02. The van der Waals surface area contributed by atoms with Crippen LogP contribution in [0.15, 0.2) is 38.3 Å². The minimum absolute atomic E-state index is 0.119. The molecule has 30 heavy (non-hydrogen) atoms. The second-order valence-electron chi connectivity index (χ2n) is 7.35. The highest BCUT2D eigenvalue weighted by Gasteiger charge is 2.26. The van der Waals surface area contributed by atoms with Crippen LogP contribution in [0.2, 0.25) is 0 Å². The summed E-state index contributed by atoms with van der Waals surface area (Å²) < 4.78 is 9.24. The first-order valence-corrected chi connectivity index (χ1v) is 9.58. The molecule has 2 aromatic heterocycles. The summed E-state index contributed by atoms with van der Waals surface area (Å²) in [5.41, 5.74) is 0.769. The van der Waals surface area contributed by atoms with E-state index < -0.39 is 5.76 Å². The molecular weight excluding hydrogens is 392 g/mol. The first-order chi connectivity index (χ1) is 14.3. The molecule has 1 aliphatic rings. The van der Waals surface area contributed by atoms with Crippen molar-refractivity contribution < 1.29 is 14.0 Å². The number of hydrogen-bond acceptors (Lipinski definition) is 6. The first-order valence-electron chi connectivity index (χ1n) is 9.58. The number of oxazole rings is 1. The van der Waals surface area contributed by atoms with Crippen LogP contribution in [-0.2, 0) is 35.8 Å². The van der Waals surface area contributed by atoms with Crippen molar-refractivity contribution in [1.29, 1.82) is 0 Å². The number of amides is 2. The molecule has 11 nitrogen and oxygen atoms in total. The molecule has 0 N–H and O–H groups in total. The molecule has 0 aliphatic carbocycles. The number of rotatable bonds is 5. The Bertz CT molecular complexity index is 1230. The van der Waals surface area contributed by atoms with Gasteiger partial charge in [-0.15, -0.1) is 0 Å². The molecule has 0 radical (unpaired) electrons. The summed E-state index contributed by atoms with van der Waals surface area (Å²) in [5.74, 6) is -0.444. The first kappa shape index (κ1) is 19.7. The molecule has 4 rings (SSSR count). The summed E-state index contributed by atoms with van der Waals surface area (Å²) >= 11 is 0. The van der Waals surface area contributed by atoms with Gasteiger partial charge >= 0.3 is 11.4 Å². The molecule has 1 aliphatic heterocycles. The maximum atomic E-state index is 12.7. The summed E-state index contributed by atoms with van der Waals surface area (Å²) in [6, 6.07) is 7.05. The van der Waals surface area contributed by atoms with Gasteiger partial charge in [-0.25, -0.2) is 14.3 Å². The van der Waals surface area contributed by atoms with E-state index in [-0.39, 0.29) is 43.6 Å². The van der Waals surface area contributed by atoms with Crippen molar-refractivity contribution in [2.45, 2.75) is 32.6 Å². The van der Waals surface area contributed by atoms with Crippen LogP contribution in [0.5, 0.6) is 0 Å². The summed E-state index contributed by atoms with van der Waals surface area (Å²) in [5, 5.41) is 4.23. The fourth-order valence-corrected chi connectivity index (χ4v) is 3.47. The monoisotopic (exact) mass is 414 g/mol. The second kappa shape index (κ2) is 7.65. The van der Waals surface area contributed by atoms with Crippen molar-refractivity contribution in [2.24, 2.45) is 0 Å². The van der Waals surface area contributed by atoms with Crippen LogP contribution < -0.4 is 11.4 Å². The number of aryl methyl sites for hydroxylation is 1. The van der Waals surface area contributed by atoms with Crippen LogP contribution in [0, 0.1) is 0 Å². The van der Waals surface area contributed by atoms with E-state index in [4.69, 9.17) is 4.42 Å². The average Bonchev–Trinajstić information content (AvgIpc) is 3.21. The summed E-state index contributed by atoms with van der Waals surface area (Å²) in [7, 11) is 3.22. The predicted octanol–water partition coefficient (Wildman–Crippen LogP) is -0.527. The van der Waals surface area contributed by atoms with Crippen LogP contribution in [0.1, 0.15) is 12.2 Å². The zero-order valence-corrected chi connectivity index (χ0v) is 16.8. The third kappa shape index (κ3) is 3.53. The van der Waals surface area contributed by atoms with Gasteiger partial charge in [0.25, 0.3) is 0 Å². The summed E-state index contributed by atoms with van der Waals surface area (Å²) in [4.78, 5) is 52.1. The Balaban J connectivity index is 1.45. The zero-order valence-electron chi connectivity index (χ0n) is 16.8. The number of para-hydroxylation sites is 2. The molecule has 0 saturated heterocycles. The molecule has 3 aromatic rings. The SMILES string of the molecule is CN(C)C(=O)Cn1nc2n(c1=O)CCN(C(=O)CCn1c(=O)oc3ccccc31)C2. The number of benzene rings is 1. The highest BCUT2D eigenvalue weighted by Crippen LogP contribution is 2.14. The van der Waals surface area contributed by atoms with E-state index in [0.29, 0.717) is 30.0 Å². The van der Waals surface area contributed by atoms with Crippen molar-refractivity contribution in [1.82, 2.24) is 28.7 Å². The van der Waals surface area contributed by atoms with Crippen molar-refractivity contribution in [3.05, 3.63) is 51.1 Å². The van der Waals surface area contributed by atoms with Crippen LogP contribution >= 0.6 is 0 Å². The Labute approximate surface area is 170 Å². The lowest BCUT2D eigenvalue weighted by molar-refractivity contribution is -0.133. The van der Waals surface area contributed by atoms with Crippen molar-refractivity contribution in [3.8, 4) is 0 Å². The quantitative estimate of drug-likeness (QED) is 0.554. The molecule has 0 atom stereocenters. The topological polar surface area (TPSA) is 116 Å². The molecule has 0 unspecified atom stereocenters. The molecule has 0 bridgehead atoms. The van der Waals surface area contributed by atoms with Crippen LogP contribution in [-0.4, -0.2) is 61.2 Å². The third-order valence-corrected chi connectivity index (χ3v) is 5.18. The zero-order chi connectivity index (χ0) is 21.4. The molecule has 0 fully saturated rings. The summed E-state index contributed by atoms with van der Waals surface area (Å²) in [6.45, 7) is 0.906. The van der Waals surface area contributed by atoms with E-state index in [0.717, 1.165) is 4.68 Å². The Hall–Kier alpha value is -3.63. The minimum atomic E-state index is -0.499. The van der Waals surface area contributed by atoms with Crippen molar-refractivity contribution >= 4 is 22.9 Å². The lowest BCUT2D eigenvalue weighted by Gasteiger charge is -2.26. The standard InChI is InChI=1S/C19H22N6O5/c1-21(2)17(27)12-25-18(28)24-10-9-22(11-15(24)20-25)16(26)7-8-23-13-5-3-4-6-14(13)30-19(23)29/h3-6H,7-12H2,1-2H3. The van der Waals surface area contributed by atoms with Gasteiger partial charge in [-0.3, -0.25) is 18.7 Å². The maximum absolute atomic E-state index is 12.7. The average molecular weight is 414 g/mol. The van der Waals surface area contributed by atoms with Crippen LogP contribution in [0.25, 0.3) is 11.1 Å². The molecule has 3 heterocycles. The number of carbonyl (C=O) groups excluding carboxylic acids is 2. The van der Waals surface area contributed by atoms with E-state index in [2.05, 4.69) is 5.10 Å². The lowest BCUT2D eigenvalue weighted by Crippen LogP contribution is -2.41. The fraction of sp³-hybridized carbons (Fsp3) is 0.421. The Morgan fingerprint density at radius 3 is 2.70 bits per heavy atom. The normalized spacial score (nSPS) is 13.5. The van der Waals surface area contributed by atoms with Gasteiger partial charge in [-0.05, 0) is 12.1 Å². The highest BCUT2D eigenvalue weighted by molar-refractivity contribution is 5.77. The fourth-order valence-electron chi connectivity index (χ4n) is 3.47. The molecule has 2 amide bonds. The highest BCUT2D eigenvalue weighted by atomic mass is 16.4. The molecule has 158 valence electrons. The molecule has 11 heteroatoms. The second-order valence-corrected chi connectivity index (χ2v) is 7.35. The molecular formula is C19H22N6O5. The van der Waals surface area contributed by atoms with E-state index >= 15 is 0 Å². The number of fused-ring (bicyclic) bond motifs is 2. The van der Waals surface area contributed by atoms with Gasteiger partial charge in [0.2, 0.25) is 11.8 Å². The van der Waals surface area contributed by atoms with Crippen molar-refractivity contribution in [2.75, 3.05) is 20.6 Å². The van der Waals surface area contributed by atoms with E-state index in [1.165, 1.54) is 14.0 Å². The van der Waals surface area contributed by atoms with Gasteiger partial charge in [-0.1, -0.05) is 12.1 Å². The number of likely N-dealkylation sites (N-methyl/N-ethyl adjacent to an activating group) is 1. The van der Waals surface area contributed by atoms with Crippen molar-refractivity contribution in [3.63, 3.8) is 0 Å². The molecule has 1 aromatic carbocycles. The largest absolute Gasteiger partial charge is 0.419 e. The Morgan fingerprint density at radius 1 is 1.17 bits per heavy atom. The number of carbonyl (C=O) groups is 2. The number of hydrogen-bond donors (Lipinski definition) is 0. The number of aromatic nitrogens is 4. The molecule has 0 saturated carbocycles.